The molecule has 1 N–H and O–H groups in total. The number of carbonyl (C=O) groups excluding carboxylic acids is 1. The Balaban J connectivity index is 1.75. The van der Waals surface area contributed by atoms with Crippen molar-refractivity contribution in [3.05, 3.63) is 23.3 Å². The van der Waals surface area contributed by atoms with E-state index in [1.54, 1.807) is 14.2 Å². The van der Waals surface area contributed by atoms with E-state index < -0.39 is 16.9 Å². The van der Waals surface area contributed by atoms with Crippen molar-refractivity contribution in [3.63, 3.8) is 0 Å². The van der Waals surface area contributed by atoms with Crippen LogP contribution in [0, 0.1) is 34.5 Å². The number of hydrogen-bond donors (Lipinski definition) is 1. The number of ether oxygens (including phenoxy) is 3. The first kappa shape index (κ1) is 24.0. The molecule has 6 rings (SSSR count). The fourth-order valence-electron chi connectivity index (χ4n) is 9.77. The van der Waals surface area contributed by atoms with Crippen LogP contribution in [0.5, 0.6) is 11.5 Å². The minimum atomic E-state index is -0.469. The van der Waals surface area contributed by atoms with Crippen molar-refractivity contribution >= 4 is 5.97 Å². The summed E-state index contributed by atoms with van der Waals surface area (Å²) in [6.45, 7) is 9.03. The maximum absolute atomic E-state index is 13.1. The Morgan fingerprint density at radius 1 is 1.03 bits per heavy atom. The Morgan fingerprint density at radius 3 is 2.32 bits per heavy atom. The van der Waals surface area contributed by atoms with Gasteiger partial charge in [-0.3, -0.25) is 4.79 Å². The number of carbonyl (C=O) groups is 1. The number of fused-ring (bicyclic) bond motifs is 2. The SMILES string of the molecule is COC(=O)[C@@]1(C)CCC[C@]2(C)C3CC4c5c(OC)ccc(OC)c5C3(CCC21)C(O)C4C(C)C. The number of hydrogen-bond acceptors (Lipinski definition) is 5. The molecular formula is C29H42O5. The molecule has 188 valence electrons. The summed E-state index contributed by atoms with van der Waals surface area (Å²) >= 11 is 0. The molecule has 0 amide bonds. The molecule has 34 heavy (non-hydrogen) atoms. The van der Waals surface area contributed by atoms with Crippen molar-refractivity contribution in [1.29, 1.82) is 0 Å². The van der Waals surface area contributed by atoms with E-state index in [4.69, 9.17) is 14.2 Å². The van der Waals surface area contributed by atoms with Gasteiger partial charge in [0.05, 0.1) is 32.8 Å². The number of benzene rings is 1. The highest BCUT2D eigenvalue weighted by Gasteiger charge is 2.71. The van der Waals surface area contributed by atoms with E-state index in [9.17, 15) is 9.90 Å². The number of methoxy groups -OCH3 is 3. The van der Waals surface area contributed by atoms with Crippen LogP contribution in [0.4, 0.5) is 0 Å². The summed E-state index contributed by atoms with van der Waals surface area (Å²) in [5.74, 6) is 3.02. The van der Waals surface area contributed by atoms with Gasteiger partial charge >= 0.3 is 5.97 Å². The first-order valence-electron chi connectivity index (χ1n) is 13.1. The normalized spacial score (nSPS) is 42.4. The van der Waals surface area contributed by atoms with Crippen LogP contribution in [0.2, 0.25) is 0 Å². The van der Waals surface area contributed by atoms with Gasteiger partial charge in [-0.15, -0.1) is 0 Å². The third kappa shape index (κ3) is 2.74. The number of aliphatic hydroxyl groups excluding tert-OH is 1. The fraction of sp³-hybridized carbons (Fsp3) is 0.759. The lowest BCUT2D eigenvalue weighted by molar-refractivity contribution is -0.201. The van der Waals surface area contributed by atoms with Crippen molar-refractivity contribution in [3.8, 4) is 11.5 Å². The Kier molecular flexibility index (Phi) is 5.55. The predicted molar refractivity (Wildman–Crippen MR) is 131 cm³/mol. The van der Waals surface area contributed by atoms with Gasteiger partial charge in [0.15, 0.2) is 0 Å². The summed E-state index contributed by atoms with van der Waals surface area (Å²) < 4.78 is 17.2. The highest BCUT2D eigenvalue weighted by atomic mass is 16.5. The number of esters is 1. The van der Waals surface area contributed by atoms with E-state index in [1.165, 1.54) is 18.2 Å². The Labute approximate surface area is 204 Å². The van der Waals surface area contributed by atoms with Crippen LogP contribution in [0.3, 0.4) is 0 Å². The van der Waals surface area contributed by atoms with Crippen LogP contribution in [0.1, 0.15) is 83.3 Å². The van der Waals surface area contributed by atoms with E-state index in [2.05, 4.69) is 27.7 Å². The third-order valence-electron chi connectivity index (χ3n) is 11.0. The summed E-state index contributed by atoms with van der Waals surface area (Å²) in [7, 11) is 5.02. The summed E-state index contributed by atoms with van der Waals surface area (Å²) in [5, 5.41) is 12.2. The van der Waals surface area contributed by atoms with Gasteiger partial charge in [-0.25, -0.2) is 0 Å². The number of rotatable bonds is 4. The van der Waals surface area contributed by atoms with Gasteiger partial charge in [0.2, 0.25) is 0 Å². The van der Waals surface area contributed by atoms with E-state index in [0.29, 0.717) is 5.92 Å². The van der Waals surface area contributed by atoms with E-state index in [1.807, 2.05) is 12.1 Å². The Hall–Kier alpha value is -1.75. The van der Waals surface area contributed by atoms with E-state index in [0.717, 1.165) is 50.0 Å². The maximum Gasteiger partial charge on any atom is 0.311 e. The second-order valence-corrected chi connectivity index (χ2v) is 12.3. The average Bonchev–Trinajstić information content (AvgIpc) is 2.82. The molecule has 3 fully saturated rings. The highest BCUT2D eigenvalue weighted by Crippen LogP contribution is 2.75. The van der Waals surface area contributed by atoms with Gasteiger partial charge in [-0.1, -0.05) is 27.2 Å². The Bertz CT molecular complexity index is 987. The Morgan fingerprint density at radius 2 is 1.71 bits per heavy atom. The zero-order valence-electron chi connectivity index (χ0n) is 21.9. The predicted octanol–water partition coefficient (Wildman–Crippen LogP) is 5.47. The molecule has 5 aliphatic carbocycles. The van der Waals surface area contributed by atoms with Crippen LogP contribution in [0.15, 0.2) is 12.1 Å². The smallest absolute Gasteiger partial charge is 0.311 e. The second-order valence-electron chi connectivity index (χ2n) is 12.3. The molecule has 5 heteroatoms. The minimum absolute atomic E-state index is 0.0492. The lowest BCUT2D eigenvalue weighted by Crippen LogP contribution is -2.69. The molecule has 1 spiro atoms. The molecule has 2 bridgehead atoms. The molecule has 5 aliphatic rings. The second kappa shape index (κ2) is 7.88. The first-order chi connectivity index (χ1) is 16.1. The zero-order valence-corrected chi connectivity index (χ0v) is 21.9. The van der Waals surface area contributed by atoms with Crippen LogP contribution >= 0.6 is 0 Å². The summed E-state index contributed by atoms with van der Waals surface area (Å²) in [6.07, 6.45) is 5.34. The van der Waals surface area contributed by atoms with Crippen molar-refractivity contribution in [1.82, 2.24) is 0 Å². The van der Waals surface area contributed by atoms with Crippen LogP contribution in [-0.4, -0.2) is 38.5 Å². The lowest BCUT2D eigenvalue weighted by Gasteiger charge is -2.70. The molecule has 0 heterocycles. The van der Waals surface area contributed by atoms with Crippen LogP contribution < -0.4 is 9.47 Å². The third-order valence-corrected chi connectivity index (χ3v) is 11.0. The molecule has 3 saturated carbocycles. The van der Waals surface area contributed by atoms with Crippen molar-refractivity contribution < 1.29 is 24.1 Å². The van der Waals surface area contributed by atoms with Crippen molar-refractivity contribution in [2.45, 2.75) is 83.7 Å². The molecule has 1 aromatic carbocycles. The summed E-state index contributed by atoms with van der Waals surface area (Å²) in [4.78, 5) is 13.1. The molecule has 5 nitrogen and oxygen atoms in total. The maximum atomic E-state index is 13.1. The van der Waals surface area contributed by atoms with Gasteiger partial charge < -0.3 is 19.3 Å². The first-order valence-corrected chi connectivity index (χ1v) is 13.1. The molecule has 1 aromatic rings. The average molecular weight is 471 g/mol. The number of aliphatic hydroxyl groups is 1. The van der Waals surface area contributed by atoms with Crippen LogP contribution in [-0.2, 0) is 14.9 Å². The van der Waals surface area contributed by atoms with Gasteiger partial charge in [-0.05, 0) is 86.2 Å². The monoisotopic (exact) mass is 470 g/mol. The van der Waals surface area contributed by atoms with Gasteiger partial charge in [0.25, 0.3) is 0 Å². The summed E-state index contributed by atoms with van der Waals surface area (Å²) in [6, 6.07) is 4.06. The van der Waals surface area contributed by atoms with Crippen molar-refractivity contribution in [2.75, 3.05) is 21.3 Å². The van der Waals surface area contributed by atoms with Crippen molar-refractivity contribution in [2.24, 2.45) is 34.5 Å². The van der Waals surface area contributed by atoms with E-state index >= 15 is 0 Å². The molecular weight excluding hydrogens is 428 g/mol. The quantitative estimate of drug-likeness (QED) is 0.591. The summed E-state index contributed by atoms with van der Waals surface area (Å²) in [5.41, 5.74) is 1.54. The van der Waals surface area contributed by atoms with E-state index in [-0.39, 0.29) is 35.1 Å². The van der Waals surface area contributed by atoms with Gasteiger partial charge in [0.1, 0.15) is 11.5 Å². The highest BCUT2D eigenvalue weighted by molar-refractivity contribution is 5.77. The standard InChI is InChI=1S/C29H42O5/c1-16(2)22-17-15-21-27(3)12-8-13-28(4,26(31)34-7)20(27)11-14-29(21,25(22)30)24-19(33-6)10-9-18(32-5)23(17)24/h9-10,16-17,20-22,25,30H,8,11-15H2,1-7H3/t17?,20?,21?,22?,25?,27-,28-,29?/m0/s1. The molecule has 0 saturated heterocycles. The largest absolute Gasteiger partial charge is 0.496 e. The fourth-order valence-corrected chi connectivity index (χ4v) is 9.77. The van der Waals surface area contributed by atoms with Crippen LogP contribution in [0.25, 0.3) is 0 Å². The molecule has 8 atom stereocenters. The molecule has 0 aliphatic heterocycles. The zero-order chi connectivity index (χ0) is 24.6. The van der Waals surface area contributed by atoms with Gasteiger partial charge in [0, 0.05) is 16.5 Å². The molecule has 0 aromatic heterocycles. The molecule has 0 radical (unpaired) electrons. The topological polar surface area (TPSA) is 65.0 Å². The molecule has 6 unspecified atom stereocenters. The minimum Gasteiger partial charge on any atom is -0.496 e. The van der Waals surface area contributed by atoms with Gasteiger partial charge in [-0.2, -0.15) is 0 Å². The lowest BCUT2D eigenvalue weighted by atomic mass is 9.34.